The largest absolute Gasteiger partial charge is 0.360 e. The lowest BCUT2D eigenvalue weighted by Gasteiger charge is -2.22. The Hall–Kier alpha value is -0.830. The Morgan fingerprint density at radius 3 is 2.65 bits per heavy atom. The highest BCUT2D eigenvalue weighted by Crippen LogP contribution is 2.47. The molecule has 0 radical (unpaired) electrons. The number of aromatic nitrogens is 1. The third-order valence-electron chi connectivity index (χ3n) is 3.52. The molecule has 0 saturated heterocycles. The maximum absolute atomic E-state index is 5.53. The zero-order chi connectivity index (χ0) is 12.8. The van der Waals surface area contributed by atoms with Crippen LogP contribution in [0.1, 0.15) is 70.9 Å². The Morgan fingerprint density at radius 1 is 1.41 bits per heavy atom. The monoisotopic (exact) mass is 236 g/mol. The minimum atomic E-state index is 0.111. The molecule has 0 bridgehead atoms. The van der Waals surface area contributed by atoms with E-state index >= 15 is 0 Å². The second-order valence-corrected chi connectivity index (χ2v) is 6.96. The molecule has 1 aromatic heterocycles. The highest BCUT2D eigenvalue weighted by atomic mass is 16.5. The molecular weight excluding hydrogens is 212 g/mol. The van der Waals surface area contributed by atoms with E-state index in [1.165, 1.54) is 5.56 Å². The lowest BCUT2D eigenvalue weighted by Crippen LogP contribution is -2.35. The number of hydrogen-bond acceptors (Lipinski definition) is 3. The topological polar surface area (TPSA) is 38.1 Å². The SMILES string of the molecule is CC1CC(C)(C)c2c(CNC(C)(C)C)noc21. The molecule has 1 unspecified atom stereocenters. The molecule has 1 aliphatic carbocycles. The molecule has 0 fully saturated rings. The van der Waals surface area contributed by atoms with Crippen LogP contribution in [-0.2, 0) is 12.0 Å². The van der Waals surface area contributed by atoms with Gasteiger partial charge in [-0.3, -0.25) is 0 Å². The van der Waals surface area contributed by atoms with Crippen molar-refractivity contribution in [3.63, 3.8) is 0 Å². The lowest BCUT2D eigenvalue weighted by molar-refractivity contribution is 0.345. The van der Waals surface area contributed by atoms with Gasteiger partial charge in [0.05, 0.1) is 0 Å². The van der Waals surface area contributed by atoms with E-state index in [0.717, 1.165) is 24.4 Å². The first kappa shape index (κ1) is 12.6. The Labute approximate surface area is 104 Å². The van der Waals surface area contributed by atoms with E-state index in [0.29, 0.717) is 5.92 Å². The standard InChI is InChI=1S/C14H24N2O/c1-9-7-14(5,6)11-10(16-17-12(9)11)8-15-13(2,3)4/h9,15H,7-8H2,1-6H3. The Balaban J connectivity index is 2.24. The molecule has 0 spiro atoms. The molecule has 1 aliphatic rings. The highest BCUT2D eigenvalue weighted by molar-refractivity contribution is 5.38. The van der Waals surface area contributed by atoms with Crippen molar-refractivity contribution in [2.75, 3.05) is 0 Å². The quantitative estimate of drug-likeness (QED) is 0.855. The summed E-state index contributed by atoms with van der Waals surface area (Å²) in [4.78, 5) is 0. The average molecular weight is 236 g/mol. The van der Waals surface area contributed by atoms with Crippen LogP contribution in [0.2, 0.25) is 0 Å². The minimum Gasteiger partial charge on any atom is -0.360 e. The van der Waals surface area contributed by atoms with Crippen molar-refractivity contribution in [3.8, 4) is 0 Å². The summed E-state index contributed by atoms with van der Waals surface area (Å²) in [6.07, 6.45) is 1.16. The van der Waals surface area contributed by atoms with Crippen LogP contribution in [0.4, 0.5) is 0 Å². The van der Waals surface area contributed by atoms with Crippen LogP contribution in [0.25, 0.3) is 0 Å². The summed E-state index contributed by atoms with van der Waals surface area (Å²) in [6, 6.07) is 0. The van der Waals surface area contributed by atoms with Gasteiger partial charge in [0.2, 0.25) is 0 Å². The summed E-state index contributed by atoms with van der Waals surface area (Å²) in [7, 11) is 0. The van der Waals surface area contributed by atoms with Crippen molar-refractivity contribution in [1.82, 2.24) is 10.5 Å². The van der Waals surface area contributed by atoms with Gasteiger partial charge in [0.1, 0.15) is 11.5 Å². The normalized spacial score (nSPS) is 22.8. The second-order valence-electron chi connectivity index (χ2n) is 6.96. The van der Waals surface area contributed by atoms with Gasteiger partial charge in [-0.1, -0.05) is 25.9 Å². The van der Waals surface area contributed by atoms with E-state index < -0.39 is 0 Å². The third kappa shape index (κ3) is 2.39. The second kappa shape index (κ2) is 3.84. The maximum Gasteiger partial charge on any atom is 0.143 e. The minimum absolute atomic E-state index is 0.111. The van der Waals surface area contributed by atoms with Gasteiger partial charge in [-0.15, -0.1) is 0 Å². The Kier molecular flexibility index (Phi) is 2.85. The summed E-state index contributed by atoms with van der Waals surface area (Å²) >= 11 is 0. The van der Waals surface area contributed by atoms with Gasteiger partial charge in [0.15, 0.2) is 0 Å². The summed E-state index contributed by atoms with van der Waals surface area (Å²) in [6.45, 7) is 14.1. The number of nitrogens with zero attached hydrogens (tertiary/aromatic N) is 1. The van der Waals surface area contributed by atoms with E-state index in [9.17, 15) is 0 Å². The first-order valence-corrected chi connectivity index (χ1v) is 6.45. The molecule has 0 amide bonds. The van der Waals surface area contributed by atoms with Crippen LogP contribution in [0.5, 0.6) is 0 Å². The summed E-state index contributed by atoms with van der Waals surface area (Å²) in [5.74, 6) is 1.59. The number of nitrogens with one attached hydrogen (secondary N) is 1. The lowest BCUT2D eigenvalue weighted by atomic mass is 9.85. The predicted molar refractivity (Wildman–Crippen MR) is 69.2 cm³/mol. The number of rotatable bonds is 2. The smallest absolute Gasteiger partial charge is 0.143 e. The molecule has 1 atom stereocenters. The van der Waals surface area contributed by atoms with Crippen molar-refractivity contribution in [1.29, 1.82) is 0 Å². The zero-order valence-electron chi connectivity index (χ0n) is 11.8. The molecular formula is C14H24N2O. The average Bonchev–Trinajstić information content (AvgIpc) is 2.64. The summed E-state index contributed by atoms with van der Waals surface area (Å²) in [5.41, 5.74) is 2.73. The van der Waals surface area contributed by atoms with Crippen LogP contribution in [0.15, 0.2) is 4.52 Å². The predicted octanol–water partition coefficient (Wildman–Crippen LogP) is 3.35. The van der Waals surface area contributed by atoms with Crippen LogP contribution in [0.3, 0.4) is 0 Å². The van der Waals surface area contributed by atoms with Crippen LogP contribution >= 0.6 is 0 Å². The first-order chi connectivity index (χ1) is 7.71. The van der Waals surface area contributed by atoms with Gasteiger partial charge in [0, 0.05) is 23.6 Å². The third-order valence-corrected chi connectivity index (χ3v) is 3.52. The first-order valence-electron chi connectivity index (χ1n) is 6.45. The van der Waals surface area contributed by atoms with Crippen LogP contribution < -0.4 is 5.32 Å². The van der Waals surface area contributed by atoms with E-state index in [2.05, 4.69) is 52.0 Å². The molecule has 0 aromatic carbocycles. The fraction of sp³-hybridized carbons (Fsp3) is 0.786. The van der Waals surface area contributed by atoms with Gasteiger partial charge in [-0.2, -0.15) is 0 Å². The van der Waals surface area contributed by atoms with E-state index in [1.54, 1.807) is 0 Å². The van der Waals surface area contributed by atoms with E-state index in [-0.39, 0.29) is 11.0 Å². The van der Waals surface area contributed by atoms with Gasteiger partial charge >= 0.3 is 0 Å². The van der Waals surface area contributed by atoms with Crippen LogP contribution in [0, 0.1) is 0 Å². The van der Waals surface area contributed by atoms with E-state index in [4.69, 9.17) is 4.52 Å². The van der Waals surface area contributed by atoms with Gasteiger partial charge in [-0.05, 0) is 32.6 Å². The maximum atomic E-state index is 5.53. The molecule has 1 aromatic rings. The molecule has 2 rings (SSSR count). The number of hydrogen-bond donors (Lipinski definition) is 1. The number of fused-ring (bicyclic) bond motifs is 1. The summed E-state index contributed by atoms with van der Waals surface area (Å²) < 4.78 is 5.53. The molecule has 96 valence electrons. The zero-order valence-corrected chi connectivity index (χ0v) is 11.8. The molecule has 3 heteroatoms. The Bertz CT molecular complexity index is 412. The molecule has 1 N–H and O–H groups in total. The molecule has 17 heavy (non-hydrogen) atoms. The fourth-order valence-corrected chi connectivity index (χ4v) is 2.83. The van der Waals surface area contributed by atoms with Gasteiger partial charge in [0.25, 0.3) is 0 Å². The molecule has 1 heterocycles. The van der Waals surface area contributed by atoms with Crippen LogP contribution in [-0.4, -0.2) is 10.7 Å². The van der Waals surface area contributed by atoms with Gasteiger partial charge < -0.3 is 9.84 Å². The molecule has 0 saturated carbocycles. The van der Waals surface area contributed by atoms with Crippen molar-refractivity contribution in [3.05, 3.63) is 17.0 Å². The van der Waals surface area contributed by atoms with Gasteiger partial charge in [-0.25, -0.2) is 0 Å². The van der Waals surface area contributed by atoms with Crippen molar-refractivity contribution in [2.45, 2.75) is 71.4 Å². The Morgan fingerprint density at radius 2 is 2.06 bits per heavy atom. The fourth-order valence-electron chi connectivity index (χ4n) is 2.83. The molecule has 0 aliphatic heterocycles. The van der Waals surface area contributed by atoms with Crippen molar-refractivity contribution < 1.29 is 4.52 Å². The van der Waals surface area contributed by atoms with Crippen molar-refractivity contribution in [2.24, 2.45) is 0 Å². The molecule has 3 nitrogen and oxygen atoms in total. The highest BCUT2D eigenvalue weighted by Gasteiger charge is 2.41. The van der Waals surface area contributed by atoms with E-state index in [1.807, 2.05) is 0 Å². The summed E-state index contributed by atoms with van der Waals surface area (Å²) in [5, 5.41) is 7.73. The van der Waals surface area contributed by atoms with Crippen molar-refractivity contribution >= 4 is 0 Å².